The smallest absolute Gasteiger partial charge is 0.190 e. The van der Waals surface area contributed by atoms with Gasteiger partial charge in [0.1, 0.15) is 11.5 Å². The molecule has 4 heteroatoms. The lowest BCUT2D eigenvalue weighted by Crippen LogP contribution is -2.45. The van der Waals surface area contributed by atoms with E-state index in [0.717, 1.165) is 23.6 Å². The van der Waals surface area contributed by atoms with Crippen LogP contribution in [0.1, 0.15) is 62.6 Å². The van der Waals surface area contributed by atoms with Gasteiger partial charge in [0.05, 0.1) is 18.4 Å². The number of hydrogen-bond donors (Lipinski definition) is 0. The van der Waals surface area contributed by atoms with E-state index in [4.69, 9.17) is 14.6 Å². The molecule has 2 aromatic rings. The van der Waals surface area contributed by atoms with Gasteiger partial charge >= 0.3 is 0 Å². The lowest BCUT2D eigenvalue weighted by molar-refractivity contribution is -0.0644. The van der Waals surface area contributed by atoms with Crippen molar-refractivity contribution in [3.05, 3.63) is 59.7 Å². The number of hydrogen-bond acceptors (Lipinski definition) is 4. The van der Waals surface area contributed by atoms with Gasteiger partial charge in [0.25, 0.3) is 0 Å². The maximum absolute atomic E-state index is 6.57. The molecule has 2 aliphatic heterocycles. The molecule has 2 atom stereocenters. The van der Waals surface area contributed by atoms with E-state index in [-0.39, 0.29) is 12.3 Å². The number of ether oxygens (including phenoxy) is 2. The summed E-state index contributed by atoms with van der Waals surface area (Å²) in [5, 5.41) is 7.36. The fourth-order valence-electron chi connectivity index (χ4n) is 4.89. The second-order valence-electron chi connectivity index (χ2n) is 8.05. The van der Waals surface area contributed by atoms with Gasteiger partial charge in [0.15, 0.2) is 6.23 Å². The van der Waals surface area contributed by atoms with E-state index in [2.05, 4.69) is 47.5 Å². The van der Waals surface area contributed by atoms with Crippen molar-refractivity contribution in [1.82, 2.24) is 5.01 Å². The summed E-state index contributed by atoms with van der Waals surface area (Å²) < 4.78 is 12.3. The number of nitrogens with zero attached hydrogens (tertiary/aromatic N) is 2. The third-order valence-corrected chi connectivity index (χ3v) is 6.26. The summed E-state index contributed by atoms with van der Waals surface area (Å²) in [6, 6.07) is 17.1. The predicted octanol–water partition coefficient (Wildman–Crippen LogP) is 5.54. The van der Waals surface area contributed by atoms with E-state index in [1.165, 1.54) is 43.2 Å². The first-order valence-electron chi connectivity index (χ1n) is 10.7. The Kier molecular flexibility index (Phi) is 4.71. The van der Waals surface area contributed by atoms with Crippen LogP contribution in [0, 0.1) is 5.92 Å². The Hall–Kier alpha value is -2.49. The van der Waals surface area contributed by atoms with Crippen molar-refractivity contribution in [3.8, 4) is 11.5 Å². The lowest BCUT2D eigenvalue weighted by Gasteiger charge is -2.42. The van der Waals surface area contributed by atoms with Crippen LogP contribution in [0.25, 0.3) is 0 Å². The molecule has 4 nitrogen and oxygen atoms in total. The van der Waals surface area contributed by atoms with Crippen molar-refractivity contribution in [1.29, 1.82) is 0 Å². The first-order valence-corrected chi connectivity index (χ1v) is 10.7. The number of benzene rings is 2. The molecule has 0 N–H and O–H groups in total. The number of rotatable bonds is 4. The van der Waals surface area contributed by atoms with Gasteiger partial charge in [-0.25, -0.2) is 5.01 Å². The SMILES string of the molecule is CCOc1ccc2c(c1)[C@H]1CC(c3ccccc3)=NN1[C@H](C1CCCCC1)O2. The third-order valence-electron chi connectivity index (χ3n) is 6.26. The lowest BCUT2D eigenvalue weighted by atomic mass is 9.86. The quantitative estimate of drug-likeness (QED) is 0.703. The minimum Gasteiger partial charge on any atom is -0.494 e. The fraction of sp³-hybridized carbons (Fsp3) is 0.458. The zero-order valence-electron chi connectivity index (χ0n) is 16.5. The highest BCUT2D eigenvalue weighted by Crippen LogP contribution is 2.47. The van der Waals surface area contributed by atoms with Crippen LogP contribution in [-0.4, -0.2) is 23.6 Å². The molecular formula is C24H28N2O2. The molecule has 0 radical (unpaired) electrons. The average Bonchev–Trinajstić information content (AvgIpc) is 3.21. The highest BCUT2D eigenvalue weighted by molar-refractivity contribution is 6.01. The summed E-state index contributed by atoms with van der Waals surface area (Å²) in [7, 11) is 0. The highest BCUT2D eigenvalue weighted by Gasteiger charge is 2.43. The van der Waals surface area contributed by atoms with Crippen molar-refractivity contribution in [2.45, 2.75) is 57.7 Å². The Labute approximate surface area is 167 Å². The molecule has 2 heterocycles. The van der Waals surface area contributed by atoms with Crippen LogP contribution in [0.4, 0.5) is 0 Å². The van der Waals surface area contributed by atoms with Gasteiger partial charge in [-0.15, -0.1) is 0 Å². The highest BCUT2D eigenvalue weighted by atomic mass is 16.5. The van der Waals surface area contributed by atoms with Gasteiger partial charge in [-0.05, 0) is 43.5 Å². The molecule has 1 aliphatic carbocycles. The van der Waals surface area contributed by atoms with Crippen LogP contribution >= 0.6 is 0 Å². The second kappa shape index (κ2) is 7.50. The molecule has 0 aromatic heterocycles. The van der Waals surface area contributed by atoms with Crippen LogP contribution in [0.15, 0.2) is 53.6 Å². The third kappa shape index (κ3) is 3.15. The summed E-state index contributed by atoms with van der Waals surface area (Å²) in [4.78, 5) is 0. The average molecular weight is 377 g/mol. The first-order chi connectivity index (χ1) is 13.8. The van der Waals surface area contributed by atoms with Crippen molar-refractivity contribution in [2.75, 3.05) is 6.61 Å². The normalized spacial score (nSPS) is 24.2. The predicted molar refractivity (Wildman–Crippen MR) is 111 cm³/mol. The monoisotopic (exact) mass is 376 g/mol. The molecule has 0 saturated heterocycles. The molecule has 1 fully saturated rings. The molecule has 2 aromatic carbocycles. The maximum Gasteiger partial charge on any atom is 0.190 e. The van der Waals surface area contributed by atoms with Gasteiger partial charge < -0.3 is 9.47 Å². The van der Waals surface area contributed by atoms with Crippen LogP contribution < -0.4 is 9.47 Å². The van der Waals surface area contributed by atoms with Crippen molar-refractivity contribution in [2.24, 2.45) is 11.0 Å². The molecule has 5 rings (SSSR count). The van der Waals surface area contributed by atoms with Crippen molar-refractivity contribution in [3.63, 3.8) is 0 Å². The Bertz CT molecular complexity index is 858. The van der Waals surface area contributed by atoms with E-state index in [1.807, 2.05) is 13.0 Å². The first kappa shape index (κ1) is 17.6. The standard InChI is InChI=1S/C24H28N2O2/c1-2-27-19-13-14-23-20(15-19)22-16-21(17-9-5-3-6-10-17)25-26(22)24(28-23)18-11-7-4-8-12-18/h3,5-6,9-10,13-15,18,22,24H,2,4,7-8,11-12,16H2,1H3/t22-,24+/m1/s1. The van der Waals surface area contributed by atoms with Crippen molar-refractivity contribution >= 4 is 5.71 Å². The Morgan fingerprint density at radius 2 is 1.89 bits per heavy atom. The minimum atomic E-state index is 0.0388. The maximum atomic E-state index is 6.57. The minimum absolute atomic E-state index is 0.0388. The Morgan fingerprint density at radius 3 is 2.68 bits per heavy atom. The molecule has 1 saturated carbocycles. The molecule has 0 spiro atoms. The van der Waals surface area contributed by atoms with Crippen molar-refractivity contribution < 1.29 is 9.47 Å². The van der Waals surface area contributed by atoms with Crippen LogP contribution in [0.5, 0.6) is 11.5 Å². The van der Waals surface area contributed by atoms with Gasteiger partial charge in [-0.2, -0.15) is 5.10 Å². The van der Waals surface area contributed by atoms with Gasteiger partial charge in [-0.3, -0.25) is 0 Å². The van der Waals surface area contributed by atoms with Gasteiger partial charge in [0, 0.05) is 17.9 Å². The molecular weight excluding hydrogens is 348 g/mol. The second-order valence-corrected chi connectivity index (χ2v) is 8.05. The Balaban J connectivity index is 1.52. The molecule has 0 unspecified atom stereocenters. The van der Waals surface area contributed by atoms with Crippen LogP contribution in [0.3, 0.4) is 0 Å². The van der Waals surface area contributed by atoms with E-state index in [0.29, 0.717) is 12.5 Å². The fourth-order valence-corrected chi connectivity index (χ4v) is 4.89. The zero-order chi connectivity index (χ0) is 18.9. The molecule has 3 aliphatic rings. The van der Waals surface area contributed by atoms with Crippen LogP contribution in [0.2, 0.25) is 0 Å². The zero-order valence-corrected chi connectivity index (χ0v) is 16.5. The molecule has 0 bridgehead atoms. The summed E-state index contributed by atoms with van der Waals surface area (Å²) in [6.45, 7) is 2.69. The number of fused-ring (bicyclic) bond motifs is 3. The Morgan fingerprint density at radius 1 is 1.07 bits per heavy atom. The van der Waals surface area contributed by atoms with E-state index >= 15 is 0 Å². The summed E-state index contributed by atoms with van der Waals surface area (Å²) >= 11 is 0. The number of hydrazone groups is 1. The van der Waals surface area contributed by atoms with Gasteiger partial charge in [-0.1, -0.05) is 49.6 Å². The van der Waals surface area contributed by atoms with E-state index < -0.39 is 0 Å². The summed E-state index contributed by atoms with van der Waals surface area (Å²) in [5.74, 6) is 2.47. The summed E-state index contributed by atoms with van der Waals surface area (Å²) in [5.41, 5.74) is 3.57. The van der Waals surface area contributed by atoms with E-state index in [1.54, 1.807) is 0 Å². The molecule has 0 amide bonds. The topological polar surface area (TPSA) is 34.1 Å². The van der Waals surface area contributed by atoms with Gasteiger partial charge in [0.2, 0.25) is 0 Å². The summed E-state index contributed by atoms with van der Waals surface area (Å²) in [6.07, 6.45) is 7.37. The van der Waals surface area contributed by atoms with E-state index in [9.17, 15) is 0 Å². The van der Waals surface area contributed by atoms with Crippen LogP contribution in [-0.2, 0) is 0 Å². The molecule has 146 valence electrons. The largest absolute Gasteiger partial charge is 0.494 e. The molecule has 28 heavy (non-hydrogen) atoms.